The van der Waals surface area contributed by atoms with Gasteiger partial charge in [-0.2, -0.15) is 10.4 Å². The number of nitrogens with zero attached hydrogens (tertiary/aromatic N) is 5. The number of thiophene rings is 1. The lowest BCUT2D eigenvalue weighted by Crippen LogP contribution is -2.51. The highest BCUT2D eigenvalue weighted by molar-refractivity contribution is 7.12. The van der Waals surface area contributed by atoms with E-state index >= 15 is 4.39 Å². The number of ketones is 1. The molecule has 0 radical (unpaired) electrons. The van der Waals surface area contributed by atoms with Gasteiger partial charge in [0.25, 0.3) is 5.91 Å². The molecule has 3 aromatic rings. The van der Waals surface area contributed by atoms with Crippen LogP contribution in [0.5, 0.6) is 0 Å². The fourth-order valence-electron chi connectivity index (χ4n) is 6.78. The van der Waals surface area contributed by atoms with Crippen molar-refractivity contribution in [2.24, 2.45) is 11.8 Å². The summed E-state index contributed by atoms with van der Waals surface area (Å²) in [5, 5.41) is 16.0. The lowest BCUT2D eigenvalue weighted by Gasteiger charge is -2.35. The summed E-state index contributed by atoms with van der Waals surface area (Å²) in [6.07, 6.45) is 3.76. The maximum Gasteiger partial charge on any atom is 0.411 e. The molecule has 2 fully saturated rings. The van der Waals surface area contributed by atoms with Crippen LogP contribution >= 0.6 is 11.3 Å². The van der Waals surface area contributed by atoms with E-state index in [0.717, 1.165) is 30.5 Å². The molecule has 6 rings (SSSR count). The number of nitriles is 1. The lowest BCUT2D eigenvalue weighted by molar-refractivity contribution is -0.126. The Hall–Kier alpha value is -4.04. The van der Waals surface area contributed by atoms with Crippen molar-refractivity contribution in [3.8, 4) is 17.2 Å². The predicted octanol–water partition coefficient (Wildman–Crippen LogP) is 5.84. The summed E-state index contributed by atoms with van der Waals surface area (Å²) >= 11 is 1.33. The number of halogens is 1. The second-order valence-corrected chi connectivity index (χ2v) is 13.9. The molecule has 230 valence electrons. The molecule has 0 unspecified atom stereocenters. The molecule has 4 atom stereocenters. The molecule has 0 N–H and O–H groups in total. The molecule has 11 heteroatoms. The highest BCUT2D eigenvalue weighted by atomic mass is 32.1. The van der Waals surface area contributed by atoms with Gasteiger partial charge in [0.15, 0.2) is 5.78 Å². The van der Waals surface area contributed by atoms with Crippen LogP contribution in [0.2, 0.25) is 0 Å². The molecule has 2 aromatic heterocycles. The molecule has 44 heavy (non-hydrogen) atoms. The number of ether oxygens (including phenoxy) is 1. The fraction of sp³-hybridized carbons (Fsp3) is 0.485. The van der Waals surface area contributed by atoms with Gasteiger partial charge in [-0.3, -0.25) is 19.2 Å². The number of likely N-dealkylation sites (tertiary alicyclic amines) is 1. The summed E-state index contributed by atoms with van der Waals surface area (Å²) in [4.78, 5) is 43.6. The molecule has 2 bridgehead atoms. The summed E-state index contributed by atoms with van der Waals surface area (Å²) < 4.78 is 22.8. The van der Waals surface area contributed by atoms with Gasteiger partial charge in [-0.15, -0.1) is 11.3 Å². The number of Topliss-reactive ketones (excluding diaryl/α,β-unsaturated/α-hetero) is 1. The van der Waals surface area contributed by atoms with Crippen LogP contribution in [0, 0.1) is 29.0 Å². The van der Waals surface area contributed by atoms with E-state index in [1.165, 1.54) is 17.4 Å². The van der Waals surface area contributed by atoms with Crippen molar-refractivity contribution < 1.29 is 23.5 Å². The summed E-state index contributed by atoms with van der Waals surface area (Å²) in [6, 6.07) is 10.1. The van der Waals surface area contributed by atoms with Crippen LogP contribution in [0.25, 0.3) is 11.1 Å². The molecule has 2 amide bonds. The van der Waals surface area contributed by atoms with Crippen LogP contribution in [0.3, 0.4) is 0 Å². The molecule has 1 aliphatic carbocycles. The van der Waals surface area contributed by atoms with E-state index in [1.54, 1.807) is 55.0 Å². The van der Waals surface area contributed by atoms with Crippen LogP contribution in [0.15, 0.2) is 41.9 Å². The van der Waals surface area contributed by atoms with E-state index in [1.807, 2.05) is 16.1 Å². The van der Waals surface area contributed by atoms with E-state index < -0.39 is 29.5 Å². The number of carbonyl (C=O) groups excluding carboxylic acids is 3. The van der Waals surface area contributed by atoms with E-state index in [4.69, 9.17) is 4.74 Å². The van der Waals surface area contributed by atoms with Crippen molar-refractivity contribution in [2.45, 2.75) is 83.6 Å². The monoisotopic (exact) mass is 617 g/mol. The van der Waals surface area contributed by atoms with E-state index in [-0.39, 0.29) is 36.5 Å². The van der Waals surface area contributed by atoms with Crippen LogP contribution in [0.4, 0.5) is 9.18 Å². The molecular weight excluding hydrogens is 581 g/mol. The molecule has 1 saturated heterocycles. The minimum Gasteiger partial charge on any atom is -0.444 e. The Morgan fingerprint density at radius 1 is 1.16 bits per heavy atom. The number of amides is 2. The second kappa shape index (κ2) is 11.8. The average molecular weight is 618 g/mol. The standard InChI is InChI=1S/C33H36FN5O4S/c1-33(2,3)43-32(42)39-25-7-6-23(14-25)30(39)28(40)13-20(17-35)12-22-5-4-21(15-27(22)34)24-16-29(44-19-24)31(41)37-10-11-38-26(18-37)8-9-36-38/h4-5,8-9,15-16,19-20,23,25,30H,6-7,10-14,18H2,1-3H3/t20-,23+,25-,30+/m1/s1. The maximum atomic E-state index is 15.3. The Bertz CT molecular complexity index is 1630. The largest absolute Gasteiger partial charge is 0.444 e. The summed E-state index contributed by atoms with van der Waals surface area (Å²) in [5.74, 6) is -1.35. The van der Waals surface area contributed by atoms with Crippen LogP contribution in [-0.4, -0.2) is 61.6 Å². The van der Waals surface area contributed by atoms with E-state index in [2.05, 4.69) is 11.2 Å². The van der Waals surface area contributed by atoms with Gasteiger partial charge in [0.2, 0.25) is 0 Å². The smallest absolute Gasteiger partial charge is 0.411 e. The van der Waals surface area contributed by atoms with Gasteiger partial charge >= 0.3 is 6.09 Å². The predicted molar refractivity (Wildman–Crippen MR) is 162 cm³/mol. The van der Waals surface area contributed by atoms with Crippen molar-refractivity contribution in [1.82, 2.24) is 19.6 Å². The van der Waals surface area contributed by atoms with Crippen molar-refractivity contribution in [3.05, 3.63) is 63.9 Å². The zero-order valence-electron chi connectivity index (χ0n) is 25.2. The first-order chi connectivity index (χ1) is 21.0. The maximum absolute atomic E-state index is 15.3. The van der Waals surface area contributed by atoms with Gasteiger partial charge in [0, 0.05) is 25.2 Å². The molecule has 4 heterocycles. The Balaban J connectivity index is 1.10. The normalized spacial score (nSPS) is 21.6. The molecule has 1 aromatic carbocycles. The van der Waals surface area contributed by atoms with Crippen molar-refractivity contribution >= 4 is 29.1 Å². The summed E-state index contributed by atoms with van der Waals surface area (Å²) in [5.41, 5.74) is 2.05. The molecule has 1 saturated carbocycles. The van der Waals surface area contributed by atoms with Gasteiger partial charge in [-0.05, 0) is 92.6 Å². The lowest BCUT2D eigenvalue weighted by atomic mass is 9.87. The number of piperidine rings is 1. The highest BCUT2D eigenvalue weighted by Gasteiger charge is 2.52. The molecule has 0 spiro atoms. The fourth-order valence-corrected chi connectivity index (χ4v) is 7.66. The third-order valence-corrected chi connectivity index (χ3v) is 9.76. The van der Waals surface area contributed by atoms with E-state index in [0.29, 0.717) is 35.6 Å². The summed E-state index contributed by atoms with van der Waals surface area (Å²) in [6.45, 7) is 7.12. The second-order valence-electron chi connectivity index (χ2n) is 13.0. The number of rotatable bonds is 7. The minimum atomic E-state index is -0.728. The first-order valence-corrected chi connectivity index (χ1v) is 16.0. The van der Waals surface area contributed by atoms with Gasteiger partial charge in [0.1, 0.15) is 11.4 Å². The highest BCUT2D eigenvalue weighted by Crippen LogP contribution is 2.44. The topological polar surface area (TPSA) is 109 Å². The Labute approximate surface area is 260 Å². The minimum absolute atomic E-state index is 0.0215. The Morgan fingerprint density at radius 3 is 2.73 bits per heavy atom. The van der Waals surface area contributed by atoms with Crippen LogP contribution in [0.1, 0.15) is 67.4 Å². The SMILES string of the molecule is CC(C)(C)OC(=O)N1[C@@H]2CC[C@@H](C2)[C@H]1C(=O)C[C@H](C#N)Cc1ccc(-c2csc(C(=O)N3CCn4nccc4C3)c2)cc1F. The third-order valence-electron chi connectivity index (χ3n) is 8.84. The van der Waals surface area contributed by atoms with Crippen LogP contribution < -0.4 is 0 Å². The Kier molecular flexibility index (Phi) is 8.05. The molecule has 3 aliphatic rings. The summed E-state index contributed by atoms with van der Waals surface area (Å²) in [7, 11) is 0. The van der Waals surface area contributed by atoms with Gasteiger partial charge in [-0.25, -0.2) is 9.18 Å². The first kappa shape index (κ1) is 30.0. The zero-order valence-corrected chi connectivity index (χ0v) is 26.0. The molecule has 2 aliphatic heterocycles. The number of aromatic nitrogens is 2. The van der Waals surface area contributed by atoms with Crippen molar-refractivity contribution in [3.63, 3.8) is 0 Å². The van der Waals surface area contributed by atoms with Gasteiger partial charge in [-0.1, -0.05) is 12.1 Å². The Morgan fingerprint density at radius 2 is 1.98 bits per heavy atom. The number of fused-ring (bicyclic) bond motifs is 3. The number of hydrogen-bond donors (Lipinski definition) is 0. The molecule has 9 nitrogen and oxygen atoms in total. The number of benzene rings is 1. The van der Waals surface area contributed by atoms with Gasteiger partial charge < -0.3 is 9.64 Å². The molecular formula is C33H36FN5O4S. The number of hydrogen-bond acceptors (Lipinski definition) is 7. The zero-order chi connectivity index (χ0) is 31.2. The van der Waals surface area contributed by atoms with Crippen molar-refractivity contribution in [1.29, 1.82) is 5.26 Å². The third kappa shape index (κ3) is 6.00. The van der Waals surface area contributed by atoms with Crippen LogP contribution in [-0.2, 0) is 29.0 Å². The average Bonchev–Trinajstić information content (AvgIpc) is 3.79. The quantitative estimate of drug-likeness (QED) is 0.330. The van der Waals surface area contributed by atoms with Crippen molar-refractivity contribution in [2.75, 3.05) is 6.54 Å². The first-order valence-electron chi connectivity index (χ1n) is 15.1. The van der Waals surface area contributed by atoms with Gasteiger partial charge in [0.05, 0.1) is 41.7 Å². The van der Waals surface area contributed by atoms with E-state index in [9.17, 15) is 19.6 Å². The number of carbonyl (C=O) groups is 3.